The molecule has 98 valence electrons. The number of carbonyl (C=O) groups is 1. The van der Waals surface area contributed by atoms with Crippen LogP contribution in [0.2, 0.25) is 0 Å². The second kappa shape index (κ2) is 5.15. The maximum Gasteiger partial charge on any atom is 0.235 e. The molecule has 0 spiro atoms. The number of aliphatic hydroxyl groups excluding tert-OH is 1. The second-order valence-electron chi connectivity index (χ2n) is 4.36. The maximum absolute atomic E-state index is 13.9. The van der Waals surface area contributed by atoms with E-state index in [-0.39, 0.29) is 24.3 Å². The first-order valence-electron chi connectivity index (χ1n) is 5.47. The summed E-state index contributed by atoms with van der Waals surface area (Å²) in [4.78, 5) is 11.4. The summed E-state index contributed by atoms with van der Waals surface area (Å²) in [5.41, 5.74) is -0.441. The van der Waals surface area contributed by atoms with Crippen molar-refractivity contribution in [2.24, 2.45) is 5.92 Å². The average molecular weight is 337 g/mol. The Labute approximate surface area is 117 Å². The lowest BCUT2D eigenvalue weighted by Gasteiger charge is -2.20. The Bertz CT molecular complexity index is 485. The van der Waals surface area contributed by atoms with Gasteiger partial charge in [0.15, 0.2) is 0 Å². The molecule has 1 aliphatic carbocycles. The van der Waals surface area contributed by atoms with E-state index in [1.54, 1.807) is 12.1 Å². The molecule has 18 heavy (non-hydrogen) atoms. The maximum atomic E-state index is 13.9. The average Bonchev–Trinajstić information content (AvgIpc) is 3.06. The van der Waals surface area contributed by atoms with E-state index in [9.17, 15) is 14.3 Å². The Kier molecular flexibility index (Phi) is 3.94. The standard InChI is InChI=1S/C12H12BrClFNO2/c13-8-1-2-10(15)9(3-8)12(4-7(12)6-17)16-11(18)5-14/h1-3,7,17H,4-6H2,(H,16,18)/t7-,12+/m1/s1. The van der Waals surface area contributed by atoms with Crippen molar-refractivity contribution in [3.63, 3.8) is 0 Å². The zero-order valence-corrected chi connectivity index (χ0v) is 11.8. The van der Waals surface area contributed by atoms with Gasteiger partial charge >= 0.3 is 0 Å². The van der Waals surface area contributed by atoms with Crippen LogP contribution in [0.15, 0.2) is 22.7 Å². The minimum absolute atomic E-state index is 0.103. The molecule has 1 aliphatic rings. The van der Waals surface area contributed by atoms with Gasteiger partial charge in [0.05, 0.1) is 5.54 Å². The van der Waals surface area contributed by atoms with Crippen LogP contribution in [0.25, 0.3) is 0 Å². The molecule has 1 fully saturated rings. The molecule has 0 aliphatic heterocycles. The summed E-state index contributed by atoms with van der Waals surface area (Å²) in [6, 6.07) is 4.55. The van der Waals surface area contributed by atoms with E-state index in [0.29, 0.717) is 12.0 Å². The number of hydrogen-bond donors (Lipinski definition) is 2. The highest BCUT2D eigenvalue weighted by Gasteiger charge is 2.57. The number of benzene rings is 1. The van der Waals surface area contributed by atoms with Crippen molar-refractivity contribution in [2.45, 2.75) is 12.0 Å². The van der Waals surface area contributed by atoms with Crippen molar-refractivity contribution in [3.8, 4) is 0 Å². The Morgan fingerprint density at radius 3 is 2.94 bits per heavy atom. The Balaban J connectivity index is 2.36. The number of hydrogen-bond acceptors (Lipinski definition) is 2. The van der Waals surface area contributed by atoms with Crippen molar-refractivity contribution in [1.29, 1.82) is 0 Å². The lowest BCUT2D eigenvalue weighted by Crippen LogP contribution is -2.38. The molecule has 0 bridgehead atoms. The van der Waals surface area contributed by atoms with Gasteiger partial charge in [-0.3, -0.25) is 4.79 Å². The molecule has 0 unspecified atom stereocenters. The number of carbonyl (C=O) groups excluding carboxylic acids is 1. The molecule has 3 nitrogen and oxygen atoms in total. The molecule has 0 radical (unpaired) electrons. The third kappa shape index (κ3) is 2.39. The molecule has 2 N–H and O–H groups in total. The Hall–Kier alpha value is -0.650. The highest BCUT2D eigenvalue weighted by molar-refractivity contribution is 9.10. The summed E-state index contributed by atoms with van der Waals surface area (Å²) in [6.07, 6.45) is 0.513. The summed E-state index contributed by atoms with van der Waals surface area (Å²) in [6.45, 7) is -0.103. The fourth-order valence-corrected chi connectivity index (χ4v) is 2.65. The monoisotopic (exact) mass is 335 g/mol. The van der Waals surface area contributed by atoms with Crippen LogP contribution in [0.1, 0.15) is 12.0 Å². The van der Waals surface area contributed by atoms with Gasteiger partial charge in [0.1, 0.15) is 11.7 Å². The van der Waals surface area contributed by atoms with E-state index >= 15 is 0 Å². The topological polar surface area (TPSA) is 49.3 Å². The number of aliphatic hydroxyl groups is 1. The Morgan fingerprint density at radius 1 is 1.67 bits per heavy atom. The quantitative estimate of drug-likeness (QED) is 0.828. The van der Waals surface area contributed by atoms with Crippen molar-refractivity contribution in [2.75, 3.05) is 12.5 Å². The Morgan fingerprint density at radius 2 is 2.39 bits per heavy atom. The van der Waals surface area contributed by atoms with E-state index in [4.69, 9.17) is 11.6 Å². The van der Waals surface area contributed by atoms with Crippen molar-refractivity contribution >= 4 is 33.4 Å². The van der Waals surface area contributed by atoms with E-state index < -0.39 is 11.4 Å². The highest BCUT2D eigenvalue weighted by Crippen LogP contribution is 2.52. The van der Waals surface area contributed by atoms with Gasteiger partial charge in [0.2, 0.25) is 5.91 Å². The molecule has 1 aromatic carbocycles. The third-order valence-corrected chi connectivity index (χ3v) is 3.95. The van der Waals surface area contributed by atoms with Gasteiger partial charge in [0, 0.05) is 22.6 Å². The van der Waals surface area contributed by atoms with Crippen LogP contribution in [0.4, 0.5) is 4.39 Å². The molecule has 0 heterocycles. The summed E-state index contributed by atoms with van der Waals surface area (Å²) in [5, 5.41) is 11.9. The van der Waals surface area contributed by atoms with Gasteiger partial charge in [-0.05, 0) is 24.6 Å². The number of halogens is 3. The largest absolute Gasteiger partial charge is 0.396 e. The van der Waals surface area contributed by atoms with Gasteiger partial charge < -0.3 is 10.4 Å². The third-order valence-electron chi connectivity index (χ3n) is 3.22. The molecule has 2 atom stereocenters. The smallest absolute Gasteiger partial charge is 0.235 e. The minimum Gasteiger partial charge on any atom is -0.396 e. The zero-order valence-electron chi connectivity index (χ0n) is 9.42. The minimum atomic E-state index is -0.825. The number of rotatable bonds is 4. The van der Waals surface area contributed by atoms with Gasteiger partial charge in [-0.15, -0.1) is 11.6 Å². The summed E-state index contributed by atoms with van der Waals surface area (Å²) in [7, 11) is 0. The predicted molar refractivity (Wildman–Crippen MR) is 69.8 cm³/mol. The first-order chi connectivity index (χ1) is 8.53. The lowest BCUT2D eigenvalue weighted by atomic mass is 10.0. The first kappa shape index (κ1) is 13.8. The number of amides is 1. The fourth-order valence-electron chi connectivity index (χ4n) is 2.22. The van der Waals surface area contributed by atoms with E-state index in [2.05, 4.69) is 21.2 Å². The van der Waals surface area contributed by atoms with Crippen LogP contribution in [0.3, 0.4) is 0 Å². The van der Waals surface area contributed by atoms with Gasteiger partial charge in [0.25, 0.3) is 0 Å². The molecule has 2 rings (SSSR count). The van der Waals surface area contributed by atoms with Crippen LogP contribution >= 0.6 is 27.5 Å². The highest BCUT2D eigenvalue weighted by atomic mass is 79.9. The number of nitrogens with one attached hydrogen (secondary N) is 1. The molecular weight excluding hydrogens is 324 g/mol. The fraction of sp³-hybridized carbons (Fsp3) is 0.417. The van der Waals surface area contributed by atoms with Gasteiger partial charge in [-0.1, -0.05) is 15.9 Å². The molecule has 0 aromatic heterocycles. The summed E-state index contributed by atoms with van der Waals surface area (Å²) in [5.74, 6) is -1.13. The van der Waals surface area contributed by atoms with Crippen LogP contribution in [-0.2, 0) is 10.3 Å². The second-order valence-corrected chi connectivity index (χ2v) is 5.54. The van der Waals surface area contributed by atoms with E-state index in [1.807, 2.05) is 0 Å². The molecule has 6 heteroatoms. The van der Waals surface area contributed by atoms with Gasteiger partial charge in [-0.2, -0.15) is 0 Å². The van der Waals surface area contributed by atoms with Crippen molar-refractivity contribution in [3.05, 3.63) is 34.1 Å². The van der Waals surface area contributed by atoms with Crippen LogP contribution < -0.4 is 5.32 Å². The molecule has 1 amide bonds. The van der Waals surface area contributed by atoms with E-state index in [1.165, 1.54) is 6.07 Å². The first-order valence-corrected chi connectivity index (χ1v) is 6.79. The van der Waals surface area contributed by atoms with Crippen LogP contribution in [0, 0.1) is 11.7 Å². The number of alkyl halides is 1. The molecule has 0 saturated heterocycles. The molecule has 1 aromatic rings. The van der Waals surface area contributed by atoms with Crippen LogP contribution in [0.5, 0.6) is 0 Å². The molecule has 1 saturated carbocycles. The van der Waals surface area contributed by atoms with E-state index in [0.717, 1.165) is 4.47 Å². The molecular formula is C12H12BrClFNO2. The normalized spacial score (nSPS) is 25.9. The SMILES string of the molecule is O=C(CCl)N[C@@]1(c2cc(Br)ccc2F)C[C@@H]1CO. The zero-order chi connectivity index (χ0) is 13.3. The lowest BCUT2D eigenvalue weighted by molar-refractivity contribution is -0.119. The van der Waals surface area contributed by atoms with Crippen LogP contribution in [-0.4, -0.2) is 23.5 Å². The summed E-state index contributed by atoms with van der Waals surface area (Å²) >= 11 is 8.73. The van der Waals surface area contributed by atoms with Crippen molar-refractivity contribution in [1.82, 2.24) is 5.32 Å². The van der Waals surface area contributed by atoms with Gasteiger partial charge in [-0.25, -0.2) is 4.39 Å². The summed E-state index contributed by atoms with van der Waals surface area (Å²) < 4.78 is 14.6. The predicted octanol–water partition coefficient (Wildman–Crippen LogP) is 2.15. The van der Waals surface area contributed by atoms with Crippen molar-refractivity contribution < 1.29 is 14.3 Å².